The van der Waals surface area contributed by atoms with Crippen molar-refractivity contribution < 1.29 is 27.4 Å². The van der Waals surface area contributed by atoms with Crippen LogP contribution in [-0.2, 0) is 19.2 Å². The van der Waals surface area contributed by atoms with Gasteiger partial charge in [-0.25, -0.2) is 0 Å². The molecule has 0 aliphatic heterocycles. The van der Waals surface area contributed by atoms with Gasteiger partial charge in [-0.2, -0.15) is 0 Å². The van der Waals surface area contributed by atoms with E-state index in [-0.39, 0.29) is 0 Å². The molecule has 1 aromatic carbocycles. The number of rotatable bonds is 1. The number of hydrogen-bond donors (Lipinski definition) is 1. The molecule has 0 amide bonds. The normalized spacial score (nSPS) is 9.93. The Hall–Kier alpha value is -0.249. The monoisotopic (exact) mass is 261 g/mol. The topological polar surface area (TPSA) is 20.2 Å². The van der Waals surface area contributed by atoms with Crippen LogP contribution in [0.2, 0.25) is 19.6 Å². The van der Waals surface area contributed by atoms with Gasteiger partial charge in [-0.05, 0) is 24.6 Å². The number of hydrogen-bond acceptors (Lipinski definition) is 1. The molecule has 4 heteroatoms. The minimum atomic E-state index is -1.26. The molecule has 15 heavy (non-hydrogen) atoms. The summed E-state index contributed by atoms with van der Waals surface area (Å²) in [6.07, 6.45) is 0. The molecule has 0 aliphatic rings. The van der Waals surface area contributed by atoms with Crippen molar-refractivity contribution in [3.8, 4) is 5.75 Å². The van der Waals surface area contributed by atoms with Gasteiger partial charge < -0.3 is 5.11 Å². The van der Waals surface area contributed by atoms with Crippen LogP contribution in [0.3, 0.4) is 0 Å². The van der Waals surface area contributed by atoms with Crippen LogP contribution in [0.15, 0.2) is 18.2 Å². The second-order valence-electron chi connectivity index (χ2n) is 4.44. The van der Waals surface area contributed by atoms with E-state index < -0.39 is 27.3 Å². The van der Waals surface area contributed by atoms with Crippen molar-refractivity contribution in [1.82, 2.24) is 0 Å². The van der Waals surface area contributed by atoms with Gasteiger partial charge in [0.05, 0.1) is 8.07 Å². The second kappa shape index (κ2) is 6.36. The van der Waals surface area contributed by atoms with Crippen molar-refractivity contribution in [2.24, 2.45) is 0 Å². The summed E-state index contributed by atoms with van der Waals surface area (Å²) in [5.41, 5.74) is 1.15. The molecule has 1 N–H and O–H groups in total. The molecule has 0 spiro atoms. The Morgan fingerprint density at radius 1 is 1.27 bits per heavy atom. The van der Waals surface area contributed by atoms with Gasteiger partial charge in [-0.3, -0.25) is 0 Å². The number of halogens is 1. The van der Waals surface area contributed by atoms with E-state index in [1.165, 1.54) is 5.19 Å². The predicted octanol–water partition coefficient (Wildman–Crippen LogP) is 2.63. The molecule has 1 aromatic rings. The van der Waals surface area contributed by atoms with Crippen molar-refractivity contribution in [1.29, 1.82) is 0 Å². The average Bonchev–Trinajstić information content (AvgIpc) is 2.01. The third-order valence-electron chi connectivity index (χ3n) is 1.93. The van der Waals surface area contributed by atoms with E-state index in [1.54, 1.807) is 6.07 Å². The summed E-state index contributed by atoms with van der Waals surface area (Å²) in [7, 11) is -1.26. The Balaban J connectivity index is 0.000000583. The molecule has 0 bridgehead atoms. The van der Waals surface area contributed by atoms with E-state index in [1.807, 2.05) is 13.0 Å². The fraction of sp³-hybridized carbons (Fsp3) is 0.364. The summed E-state index contributed by atoms with van der Waals surface area (Å²) in [5.74, 6) is 0.396. The van der Waals surface area contributed by atoms with E-state index in [9.17, 15) is 8.20 Å². The number of phenolic OH excluding ortho intramolecular Hbond substituents is 1. The molecule has 0 saturated heterocycles. The van der Waals surface area contributed by atoms with Crippen molar-refractivity contribution in [2.45, 2.75) is 26.6 Å². The van der Waals surface area contributed by atoms with Crippen LogP contribution < -0.4 is 5.19 Å². The van der Waals surface area contributed by atoms with Crippen molar-refractivity contribution >= 4 is 18.1 Å². The maximum atomic E-state index is 10.3. The van der Waals surface area contributed by atoms with Crippen LogP contribution >= 0.6 is 0 Å². The fourth-order valence-corrected chi connectivity index (χ4v) is 2.44. The van der Waals surface area contributed by atoms with E-state index in [0.29, 0.717) is 5.75 Å². The van der Waals surface area contributed by atoms with Crippen LogP contribution in [0, 0.1) is 6.92 Å². The molecule has 0 aliphatic carbocycles. The first-order chi connectivity index (χ1) is 6.81. The summed E-state index contributed by atoms with van der Waals surface area (Å²) in [6.45, 7) is 8.85. The maximum absolute atomic E-state index is 10.3. The SMILES string of the molecule is Cc1cc(O)cc([Si](C)(C)C)c1.[CH2]=[Ti][F]. The zero-order chi connectivity index (χ0) is 12.1. The van der Waals surface area contributed by atoms with Crippen LogP contribution in [0.25, 0.3) is 0 Å². The van der Waals surface area contributed by atoms with Gasteiger partial charge in [0.2, 0.25) is 0 Å². The fourth-order valence-electron chi connectivity index (χ4n) is 1.20. The van der Waals surface area contributed by atoms with Gasteiger partial charge in [0.1, 0.15) is 5.75 Å². The van der Waals surface area contributed by atoms with Crippen molar-refractivity contribution in [2.75, 3.05) is 0 Å². The first kappa shape index (κ1) is 14.8. The Morgan fingerprint density at radius 3 is 2.07 bits per heavy atom. The molecule has 0 heterocycles. The molecule has 0 radical (unpaired) electrons. The molecule has 83 valence electrons. The number of phenols is 1. The summed E-state index contributed by atoms with van der Waals surface area (Å²) < 4.78 is 10.3. The molecule has 0 unspecified atom stereocenters. The van der Waals surface area contributed by atoms with E-state index in [2.05, 4.69) is 30.5 Å². The molecule has 1 nitrogen and oxygen atoms in total. The first-order valence-corrected chi connectivity index (χ1v) is 9.94. The molecule has 0 aromatic heterocycles. The van der Waals surface area contributed by atoms with Gasteiger partial charge in [-0.1, -0.05) is 30.9 Å². The molecule has 0 saturated carbocycles. The Kier molecular flexibility index (Phi) is 6.25. The van der Waals surface area contributed by atoms with Gasteiger partial charge in [-0.15, -0.1) is 0 Å². The number of benzene rings is 1. The Labute approximate surface area is 101 Å². The van der Waals surface area contributed by atoms with E-state index in [4.69, 9.17) is 0 Å². The van der Waals surface area contributed by atoms with E-state index >= 15 is 0 Å². The summed E-state index contributed by atoms with van der Waals surface area (Å²) in [5, 5.41) is 10.7. The molecular formula is C11H18FOSiTi. The second-order valence-corrected chi connectivity index (χ2v) is 9.94. The third-order valence-corrected chi connectivity index (χ3v) is 3.95. The average molecular weight is 261 g/mol. The van der Waals surface area contributed by atoms with Gasteiger partial charge >= 0.3 is 27.1 Å². The molecule has 0 fully saturated rings. The van der Waals surface area contributed by atoms with Gasteiger partial charge in [0.25, 0.3) is 0 Å². The van der Waals surface area contributed by atoms with Crippen LogP contribution in [0.4, 0.5) is 3.09 Å². The molecule has 0 atom stereocenters. The summed E-state index contributed by atoms with van der Waals surface area (Å²) in [4.78, 5) is 2.94. The van der Waals surface area contributed by atoms with Gasteiger partial charge in [0.15, 0.2) is 0 Å². The Morgan fingerprint density at radius 2 is 1.73 bits per heavy atom. The molecule has 1 rings (SSSR count). The third kappa shape index (κ3) is 6.03. The van der Waals surface area contributed by atoms with Crippen molar-refractivity contribution in [3.63, 3.8) is 0 Å². The standard InChI is InChI=1S/C10H16OSi.CH2.FH.Ti/c1-8-5-9(11)7-10(6-8)12(2,3)4;;;/h5-7,11H,1-4H3;1H2;1H;/q;;;+1/p-1. The quantitative estimate of drug-likeness (QED) is 0.770. The van der Waals surface area contributed by atoms with E-state index in [0.717, 1.165) is 5.56 Å². The van der Waals surface area contributed by atoms with Crippen LogP contribution in [-0.4, -0.2) is 18.0 Å². The number of aryl methyl sites for hydroxylation is 1. The Bertz CT molecular complexity index is 314. The zero-order valence-electron chi connectivity index (χ0n) is 9.76. The zero-order valence-corrected chi connectivity index (χ0v) is 12.3. The minimum absolute atomic E-state index is 0.396. The summed E-state index contributed by atoms with van der Waals surface area (Å²) in [6, 6.07) is 5.86. The number of aromatic hydroxyl groups is 1. The van der Waals surface area contributed by atoms with Crippen LogP contribution in [0.5, 0.6) is 5.75 Å². The van der Waals surface area contributed by atoms with Crippen molar-refractivity contribution in [3.05, 3.63) is 23.8 Å². The molecular weight excluding hydrogens is 243 g/mol. The van der Waals surface area contributed by atoms with Crippen LogP contribution in [0.1, 0.15) is 5.56 Å². The predicted molar refractivity (Wildman–Crippen MR) is 64.1 cm³/mol. The first-order valence-electron chi connectivity index (χ1n) is 4.75. The van der Waals surface area contributed by atoms with Gasteiger partial charge in [0, 0.05) is 0 Å². The summed E-state index contributed by atoms with van der Waals surface area (Å²) >= 11 is -1.25.